The van der Waals surface area contributed by atoms with Crippen molar-refractivity contribution in [3.8, 4) is 0 Å². The molecule has 2 amide bonds. The van der Waals surface area contributed by atoms with Crippen molar-refractivity contribution < 1.29 is 9.59 Å². The van der Waals surface area contributed by atoms with Crippen molar-refractivity contribution in [2.75, 3.05) is 13.6 Å². The molecule has 1 aromatic carbocycles. The van der Waals surface area contributed by atoms with E-state index < -0.39 is 5.91 Å². The van der Waals surface area contributed by atoms with Gasteiger partial charge in [0.05, 0.1) is 11.6 Å². The summed E-state index contributed by atoms with van der Waals surface area (Å²) in [5.74, 6) is -0.829. The van der Waals surface area contributed by atoms with Crippen molar-refractivity contribution in [2.24, 2.45) is 5.73 Å². The standard InChI is InChI=1S/C10H10ClIN2O2/c1-14(5-9(13)15)10(16)6-2-3-8(12)7(11)4-6/h2-4H,5H2,1H3,(H2,13,15). The molecule has 0 radical (unpaired) electrons. The predicted octanol–water partition coefficient (Wildman–Crippen LogP) is 1.50. The maximum Gasteiger partial charge on any atom is 0.254 e. The van der Waals surface area contributed by atoms with E-state index in [1.807, 2.05) is 0 Å². The Morgan fingerprint density at radius 1 is 1.50 bits per heavy atom. The highest BCUT2D eigenvalue weighted by atomic mass is 127. The second-order valence-corrected chi connectivity index (χ2v) is 4.83. The Hall–Kier alpha value is -0.820. The molecule has 4 nitrogen and oxygen atoms in total. The van der Waals surface area contributed by atoms with Gasteiger partial charge in [-0.25, -0.2) is 0 Å². The number of hydrogen-bond donors (Lipinski definition) is 1. The summed E-state index contributed by atoms with van der Waals surface area (Å²) >= 11 is 7.97. The largest absolute Gasteiger partial charge is 0.368 e. The van der Waals surface area contributed by atoms with Crippen molar-refractivity contribution in [3.05, 3.63) is 32.4 Å². The molecule has 86 valence electrons. The van der Waals surface area contributed by atoms with Gasteiger partial charge in [0.1, 0.15) is 0 Å². The molecule has 0 bridgehead atoms. The molecular weight excluding hydrogens is 342 g/mol. The number of likely N-dealkylation sites (N-methyl/N-ethyl adjacent to an activating group) is 1. The molecule has 6 heteroatoms. The number of benzene rings is 1. The molecule has 0 aliphatic carbocycles. The van der Waals surface area contributed by atoms with Gasteiger partial charge >= 0.3 is 0 Å². The van der Waals surface area contributed by atoms with Crippen LogP contribution >= 0.6 is 34.2 Å². The van der Waals surface area contributed by atoms with Crippen LogP contribution < -0.4 is 5.73 Å². The van der Waals surface area contributed by atoms with Crippen LogP contribution in [-0.4, -0.2) is 30.3 Å². The SMILES string of the molecule is CN(CC(N)=O)C(=O)c1ccc(I)c(Cl)c1. The summed E-state index contributed by atoms with van der Waals surface area (Å²) in [4.78, 5) is 23.7. The number of halogens is 2. The fourth-order valence-electron chi connectivity index (χ4n) is 1.16. The van der Waals surface area contributed by atoms with Crippen LogP contribution in [0.3, 0.4) is 0 Å². The molecule has 16 heavy (non-hydrogen) atoms. The van der Waals surface area contributed by atoms with Crippen LogP contribution in [-0.2, 0) is 4.79 Å². The first kappa shape index (κ1) is 13.2. The van der Waals surface area contributed by atoms with Gasteiger partial charge in [-0.15, -0.1) is 0 Å². The number of amides is 2. The maximum atomic E-state index is 11.8. The normalized spacial score (nSPS) is 9.94. The number of carbonyl (C=O) groups is 2. The predicted molar refractivity (Wildman–Crippen MR) is 70.3 cm³/mol. The lowest BCUT2D eigenvalue weighted by atomic mass is 10.2. The molecule has 0 spiro atoms. The van der Waals surface area contributed by atoms with Gasteiger partial charge in [-0.1, -0.05) is 11.6 Å². The van der Waals surface area contributed by atoms with E-state index in [0.717, 1.165) is 3.57 Å². The molecule has 0 heterocycles. The number of nitrogens with two attached hydrogens (primary N) is 1. The monoisotopic (exact) mass is 352 g/mol. The van der Waals surface area contributed by atoms with Crippen LogP contribution in [0.15, 0.2) is 18.2 Å². The molecule has 2 N–H and O–H groups in total. The van der Waals surface area contributed by atoms with E-state index in [-0.39, 0.29) is 12.5 Å². The molecule has 1 rings (SSSR count). The van der Waals surface area contributed by atoms with Crippen LogP contribution in [0, 0.1) is 3.57 Å². The minimum atomic E-state index is -0.549. The van der Waals surface area contributed by atoms with Crippen LogP contribution in [0.1, 0.15) is 10.4 Å². The quantitative estimate of drug-likeness (QED) is 0.838. The van der Waals surface area contributed by atoms with Crippen LogP contribution in [0.25, 0.3) is 0 Å². The lowest BCUT2D eigenvalue weighted by Crippen LogP contribution is -2.35. The molecule has 1 aromatic rings. The summed E-state index contributed by atoms with van der Waals surface area (Å²) in [5, 5.41) is 0.513. The Kier molecular flexibility index (Phi) is 4.55. The zero-order chi connectivity index (χ0) is 12.3. The number of primary amides is 1. The second kappa shape index (κ2) is 5.49. The molecule has 0 aliphatic rings. The zero-order valence-electron chi connectivity index (χ0n) is 8.54. The van der Waals surface area contributed by atoms with E-state index in [1.165, 1.54) is 11.9 Å². The highest BCUT2D eigenvalue weighted by Crippen LogP contribution is 2.20. The molecule has 0 saturated carbocycles. The topological polar surface area (TPSA) is 63.4 Å². The average Bonchev–Trinajstić information content (AvgIpc) is 2.20. The number of nitrogens with zero attached hydrogens (tertiary/aromatic N) is 1. The Morgan fingerprint density at radius 3 is 2.62 bits per heavy atom. The fraction of sp³-hybridized carbons (Fsp3) is 0.200. The average molecular weight is 353 g/mol. The summed E-state index contributed by atoms with van der Waals surface area (Å²) < 4.78 is 0.869. The van der Waals surface area contributed by atoms with Gasteiger partial charge in [0.2, 0.25) is 5.91 Å². The molecule has 0 aliphatic heterocycles. The highest BCUT2D eigenvalue weighted by molar-refractivity contribution is 14.1. The second-order valence-electron chi connectivity index (χ2n) is 3.26. The van der Waals surface area contributed by atoms with Crippen molar-refractivity contribution >= 4 is 46.0 Å². The van der Waals surface area contributed by atoms with Gasteiger partial charge in [-0.3, -0.25) is 9.59 Å². The fourth-order valence-corrected chi connectivity index (χ4v) is 1.67. The smallest absolute Gasteiger partial charge is 0.254 e. The minimum Gasteiger partial charge on any atom is -0.368 e. The van der Waals surface area contributed by atoms with Gasteiger partial charge < -0.3 is 10.6 Å². The van der Waals surface area contributed by atoms with E-state index in [4.69, 9.17) is 17.3 Å². The van der Waals surface area contributed by atoms with E-state index in [9.17, 15) is 9.59 Å². The van der Waals surface area contributed by atoms with Gasteiger partial charge in [0.25, 0.3) is 5.91 Å². The molecule has 0 unspecified atom stereocenters. The van der Waals surface area contributed by atoms with Crippen molar-refractivity contribution in [3.63, 3.8) is 0 Å². The zero-order valence-corrected chi connectivity index (χ0v) is 11.4. The first-order chi connectivity index (χ1) is 7.41. The summed E-state index contributed by atoms with van der Waals surface area (Å²) in [6.07, 6.45) is 0. The van der Waals surface area contributed by atoms with Crippen LogP contribution in [0.5, 0.6) is 0 Å². The minimum absolute atomic E-state index is 0.109. The Morgan fingerprint density at radius 2 is 2.12 bits per heavy atom. The third-order valence-corrected chi connectivity index (χ3v) is 3.48. The Bertz CT molecular complexity index is 437. The van der Waals surface area contributed by atoms with Gasteiger partial charge in [0, 0.05) is 16.2 Å². The number of carbonyl (C=O) groups excluding carboxylic acids is 2. The lowest BCUT2D eigenvalue weighted by molar-refractivity contribution is -0.118. The number of rotatable bonds is 3. The molecule has 0 fully saturated rings. The van der Waals surface area contributed by atoms with Crippen LogP contribution in [0.4, 0.5) is 0 Å². The van der Waals surface area contributed by atoms with Crippen molar-refractivity contribution in [1.82, 2.24) is 4.90 Å². The summed E-state index contributed by atoms with van der Waals surface area (Å²) in [6, 6.07) is 4.98. The third kappa shape index (κ3) is 3.34. The first-order valence-corrected chi connectivity index (χ1v) is 5.86. The summed E-state index contributed by atoms with van der Waals surface area (Å²) in [5.41, 5.74) is 5.44. The molecule has 0 saturated heterocycles. The van der Waals surface area contributed by atoms with E-state index in [2.05, 4.69) is 22.6 Å². The maximum absolute atomic E-state index is 11.8. The Balaban J connectivity index is 2.88. The van der Waals surface area contributed by atoms with Crippen LogP contribution in [0.2, 0.25) is 5.02 Å². The third-order valence-electron chi connectivity index (χ3n) is 1.91. The lowest BCUT2D eigenvalue weighted by Gasteiger charge is -2.15. The molecular formula is C10H10ClIN2O2. The molecule has 0 aromatic heterocycles. The molecule has 0 atom stereocenters. The van der Waals surface area contributed by atoms with Gasteiger partial charge in [-0.05, 0) is 40.8 Å². The van der Waals surface area contributed by atoms with E-state index in [1.54, 1.807) is 18.2 Å². The number of hydrogen-bond acceptors (Lipinski definition) is 2. The summed E-state index contributed by atoms with van der Waals surface area (Å²) in [6.45, 7) is -0.109. The van der Waals surface area contributed by atoms with E-state index in [0.29, 0.717) is 10.6 Å². The first-order valence-electron chi connectivity index (χ1n) is 4.40. The summed E-state index contributed by atoms with van der Waals surface area (Å²) in [7, 11) is 1.51. The van der Waals surface area contributed by atoms with Crippen molar-refractivity contribution in [1.29, 1.82) is 0 Å². The van der Waals surface area contributed by atoms with Gasteiger partial charge in [0.15, 0.2) is 0 Å². The highest BCUT2D eigenvalue weighted by Gasteiger charge is 2.14. The van der Waals surface area contributed by atoms with Gasteiger partial charge in [-0.2, -0.15) is 0 Å². The Labute approximate surface area is 112 Å². The van der Waals surface area contributed by atoms with Crippen molar-refractivity contribution in [2.45, 2.75) is 0 Å². The van der Waals surface area contributed by atoms with E-state index >= 15 is 0 Å².